The molecule has 0 bridgehead atoms. The van der Waals surface area contributed by atoms with E-state index in [1.807, 2.05) is 6.07 Å². The van der Waals surface area contributed by atoms with E-state index in [1.165, 1.54) is 42.5 Å². The van der Waals surface area contributed by atoms with E-state index in [4.69, 9.17) is 5.26 Å². The molecule has 0 spiro atoms. The van der Waals surface area contributed by atoms with Gasteiger partial charge < -0.3 is 5.32 Å². The van der Waals surface area contributed by atoms with Crippen molar-refractivity contribution in [3.05, 3.63) is 101 Å². The zero-order valence-electron chi connectivity index (χ0n) is 18.5. The van der Waals surface area contributed by atoms with E-state index in [0.29, 0.717) is 22.8 Å². The molecule has 0 atom stereocenters. The Labute approximate surface area is 208 Å². The van der Waals surface area contributed by atoms with Gasteiger partial charge in [-0.05, 0) is 47.0 Å². The highest BCUT2D eigenvalue weighted by Gasteiger charge is 2.36. The van der Waals surface area contributed by atoms with Crippen LogP contribution in [-0.4, -0.2) is 29.5 Å². The lowest BCUT2D eigenvalue weighted by atomic mass is 10.0. The smallest absolute Gasteiger partial charge is 0.318 e. The second kappa shape index (κ2) is 10.1. The van der Waals surface area contributed by atoms with Gasteiger partial charge in [0.2, 0.25) is 10.3 Å². The van der Waals surface area contributed by atoms with Gasteiger partial charge in [0.25, 0.3) is 5.91 Å². The molecule has 0 aliphatic heterocycles. The van der Waals surface area contributed by atoms with Crippen molar-refractivity contribution >= 4 is 27.3 Å². The fourth-order valence-corrected chi connectivity index (χ4v) is 3.93. The van der Waals surface area contributed by atoms with Crippen LogP contribution in [0.15, 0.2) is 72.8 Å². The van der Waals surface area contributed by atoms with Gasteiger partial charge in [0, 0.05) is 6.07 Å². The molecule has 0 radical (unpaired) electrons. The lowest BCUT2D eigenvalue weighted by Gasteiger charge is -2.11. The molecule has 0 saturated carbocycles. The standard InChI is InChI=1S/C25H14F4N4O3S/c26-20-11-16(19-7-2-1-5-17(19)14-37(35)36)8-9-21(20)31-24(34)22-12-23(25(27,28)29)32-33(22)18-6-3-4-15(10-18)13-30/h1-12,14H,(H,31,34). The molecule has 0 fully saturated rings. The Kier molecular flexibility index (Phi) is 6.90. The molecule has 4 aromatic rings. The summed E-state index contributed by atoms with van der Waals surface area (Å²) in [7, 11) is -2.50. The number of halogens is 4. The Morgan fingerprint density at radius 3 is 2.46 bits per heavy atom. The summed E-state index contributed by atoms with van der Waals surface area (Å²) < 4.78 is 77.9. The zero-order valence-corrected chi connectivity index (χ0v) is 19.3. The van der Waals surface area contributed by atoms with E-state index >= 15 is 0 Å². The lowest BCUT2D eigenvalue weighted by molar-refractivity contribution is -0.141. The predicted molar refractivity (Wildman–Crippen MR) is 127 cm³/mol. The van der Waals surface area contributed by atoms with E-state index in [9.17, 15) is 30.8 Å². The first kappa shape index (κ1) is 25.3. The van der Waals surface area contributed by atoms with Crippen LogP contribution in [0.25, 0.3) is 16.8 Å². The van der Waals surface area contributed by atoms with E-state index in [0.717, 1.165) is 16.1 Å². The summed E-state index contributed by atoms with van der Waals surface area (Å²) in [4.78, 5) is 12.9. The number of hydrogen-bond donors (Lipinski definition) is 1. The Morgan fingerprint density at radius 2 is 1.78 bits per heavy atom. The van der Waals surface area contributed by atoms with Crippen molar-refractivity contribution in [2.24, 2.45) is 0 Å². The molecule has 1 heterocycles. The number of amides is 1. The van der Waals surface area contributed by atoms with Crippen LogP contribution >= 0.6 is 0 Å². The maximum absolute atomic E-state index is 14.9. The molecule has 0 unspecified atom stereocenters. The van der Waals surface area contributed by atoms with Gasteiger partial charge in [-0.25, -0.2) is 9.07 Å². The van der Waals surface area contributed by atoms with Crippen molar-refractivity contribution < 1.29 is 30.8 Å². The molecule has 0 saturated heterocycles. The van der Waals surface area contributed by atoms with Gasteiger partial charge in [-0.3, -0.25) is 4.79 Å². The van der Waals surface area contributed by atoms with E-state index < -0.39 is 39.6 Å². The van der Waals surface area contributed by atoms with Crippen LogP contribution in [0.4, 0.5) is 23.2 Å². The number of anilines is 1. The summed E-state index contributed by atoms with van der Waals surface area (Å²) in [5, 5.41) is 15.8. The molecule has 0 aliphatic rings. The molecule has 1 N–H and O–H groups in total. The Bertz CT molecular complexity index is 1700. The van der Waals surface area contributed by atoms with Crippen LogP contribution in [0.3, 0.4) is 0 Å². The Balaban J connectivity index is 1.71. The van der Waals surface area contributed by atoms with Gasteiger partial charge >= 0.3 is 6.18 Å². The molecular formula is C25H14F4N4O3S. The summed E-state index contributed by atoms with van der Waals surface area (Å²) in [5.41, 5.74) is -1.01. The third kappa shape index (κ3) is 5.57. The fourth-order valence-electron chi connectivity index (χ4n) is 3.52. The van der Waals surface area contributed by atoms with E-state index in [2.05, 4.69) is 10.4 Å². The van der Waals surface area contributed by atoms with Crippen molar-refractivity contribution in [1.82, 2.24) is 9.78 Å². The molecule has 3 aromatic carbocycles. The molecular weight excluding hydrogens is 512 g/mol. The van der Waals surface area contributed by atoms with Gasteiger partial charge in [0.05, 0.1) is 28.4 Å². The average molecular weight is 526 g/mol. The van der Waals surface area contributed by atoms with Gasteiger partial charge in [0.15, 0.2) is 5.69 Å². The van der Waals surface area contributed by atoms with E-state index in [-0.39, 0.29) is 16.9 Å². The second-order valence-corrected chi connectivity index (χ2v) is 8.36. The van der Waals surface area contributed by atoms with Crippen molar-refractivity contribution in [2.45, 2.75) is 6.18 Å². The predicted octanol–water partition coefficient (Wildman–Crippen LogP) is 4.85. The van der Waals surface area contributed by atoms with Gasteiger partial charge in [-0.15, -0.1) is 0 Å². The lowest BCUT2D eigenvalue weighted by Crippen LogP contribution is -2.17. The van der Waals surface area contributed by atoms with Gasteiger partial charge in [0.1, 0.15) is 11.5 Å². The second-order valence-electron chi connectivity index (χ2n) is 7.60. The maximum atomic E-state index is 14.9. The number of hydrogen-bond acceptors (Lipinski definition) is 5. The summed E-state index contributed by atoms with van der Waals surface area (Å²) >= 11 is 0. The molecule has 7 nitrogen and oxygen atoms in total. The Morgan fingerprint density at radius 1 is 1.03 bits per heavy atom. The quantitative estimate of drug-likeness (QED) is 0.296. The maximum Gasteiger partial charge on any atom is 0.435 e. The van der Waals surface area contributed by atoms with Crippen LogP contribution in [-0.2, 0) is 16.5 Å². The van der Waals surface area contributed by atoms with Crippen LogP contribution in [0.2, 0.25) is 0 Å². The van der Waals surface area contributed by atoms with Crippen LogP contribution < -0.4 is 5.32 Å². The van der Waals surface area contributed by atoms with Crippen LogP contribution in [0.1, 0.15) is 27.3 Å². The SMILES string of the molecule is N#Cc1cccc(-n2nc(C(F)(F)F)cc2C(=O)Nc2ccc(-c3ccccc3C=S(=O)=O)cc2F)c1. The number of nitrogens with zero attached hydrogens (tertiary/aromatic N) is 3. The first-order chi connectivity index (χ1) is 17.6. The summed E-state index contributed by atoms with van der Waals surface area (Å²) in [6.07, 6.45) is -4.86. The van der Waals surface area contributed by atoms with Crippen molar-refractivity contribution in [3.63, 3.8) is 0 Å². The first-order valence-corrected chi connectivity index (χ1v) is 11.5. The number of benzene rings is 3. The number of nitriles is 1. The summed E-state index contributed by atoms with van der Waals surface area (Å²) in [6.45, 7) is 0. The van der Waals surface area contributed by atoms with Crippen LogP contribution in [0, 0.1) is 17.1 Å². The molecule has 37 heavy (non-hydrogen) atoms. The minimum Gasteiger partial charge on any atom is -0.318 e. The summed E-state index contributed by atoms with van der Waals surface area (Å²) in [6, 6.07) is 17.9. The molecule has 186 valence electrons. The van der Waals surface area contributed by atoms with Crippen molar-refractivity contribution in [3.8, 4) is 22.9 Å². The van der Waals surface area contributed by atoms with Crippen molar-refractivity contribution in [2.75, 3.05) is 5.32 Å². The monoisotopic (exact) mass is 526 g/mol. The number of carbonyl (C=O) groups excluding carboxylic acids is 1. The molecule has 1 aromatic heterocycles. The minimum absolute atomic E-state index is 0.0270. The Hall–Kier alpha value is -4.76. The number of nitrogens with one attached hydrogen (secondary N) is 1. The number of rotatable bonds is 5. The summed E-state index contributed by atoms with van der Waals surface area (Å²) in [5.74, 6) is -1.98. The highest BCUT2D eigenvalue weighted by atomic mass is 32.2. The number of alkyl halides is 3. The topological polar surface area (TPSA) is 105 Å². The fraction of sp³-hybridized carbons (Fsp3) is 0.0400. The van der Waals surface area contributed by atoms with Gasteiger partial charge in [-0.1, -0.05) is 36.4 Å². The highest BCUT2D eigenvalue weighted by molar-refractivity contribution is 7.71. The molecule has 1 amide bonds. The first-order valence-electron chi connectivity index (χ1n) is 10.4. The van der Waals surface area contributed by atoms with Gasteiger partial charge in [-0.2, -0.15) is 31.9 Å². The van der Waals surface area contributed by atoms with E-state index in [1.54, 1.807) is 18.2 Å². The molecule has 0 aliphatic carbocycles. The molecule has 4 rings (SSSR count). The van der Waals surface area contributed by atoms with Crippen LogP contribution in [0.5, 0.6) is 0 Å². The highest BCUT2D eigenvalue weighted by Crippen LogP contribution is 2.31. The normalized spacial score (nSPS) is 11.0. The minimum atomic E-state index is -4.86. The molecule has 12 heteroatoms. The van der Waals surface area contributed by atoms with Crippen molar-refractivity contribution in [1.29, 1.82) is 5.26 Å². The average Bonchev–Trinajstić information content (AvgIpc) is 3.32. The third-order valence-corrected chi connectivity index (χ3v) is 5.61. The number of carbonyl (C=O) groups is 1. The third-order valence-electron chi connectivity index (χ3n) is 5.16. The number of aromatic nitrogens is 2. The largest absolute Gasteiger partial charge is 0.435 e. The zero-order chi connectivity index (χ0) is 26.7.